The summed E-state index contributed by atoms with van der Waals surface area (Å²) in [7, 11) is 0. The first kappa shape index (κ1) is 16.5. The highest BCUT2D eigenvalue weighted by atomic mass is 16.5. The fourth-order valence-electron chi connectivity index (χ4n) is 6.64. The van der Waals surface area contributed by atoms with Gasteiger partial charge in [0.25, 0.3) is 0 Å². The minimum atomic E-state index is -0.273. The monoisotopic (exact) mass is 352 g/mol. The summed E-state index contributed by atoms with van der Waals surface area (Å²) >= 11 is 0. The molecule has 4 fully saturated rings. The molecule has 0 unspecified atom stereocenters. The molecule has 138 valence electrons. The lowest BCUT2D eigenvalue weighted by Gasteiger charge is -2.55. The molecule has 0 spiro atoms. The molecule has 0 radical (unpaired) electrons. The Balaban J connectivity index is 1.25. The number of ketones is 1. The van der Waals surface area contributed by atoms with Crippen LogP contribution in [0.1, 0.15) is 72.9 Å². The first-order valence-corrected chi connectivity index (χ1v) is 10.4. The Labute approximate surface area is 155 Å². The molecule has 4 saturated carbocycles. The summed E-state index contributed by atoms with van der Waals surface area (Å²) in [4.78, 5) is 25.5. The highest BCUT2D eigenvalue weighted by Gasteiger charge is 2.55. The maximum atomic E-state index is 12.9. The van der Waals surface area contributed by atoms with Gasteiger partial charge in [0.05, 0.1) is 5.41 Å². The van der Waals surface area contributed by atoms with Crippen molar-refractivity contribution in [3.8, 4) is 0 Å². The highest BCUT2D eigenvalue weighted by molar-refractivity contribution is 5.98. The van der Waals surface area contributed by atoms with Gasteiger partial charge in [-0.25, -0.2) is 0 Å². The van der Waals surface area contributed by atoms with E-state index in [1.54, 1.807) is 0 Å². The number of benzene rings is 1. The molecule has 5 aliphatic rings. The van der Waals surface area contributed by atoms with Crippen LogP contribution in [-0.2, 0) is 22.4 Å². The highest BCUT2D eigenvalue weighted by Crippen LogP contribution is 2.60. The fourth-order valence-corrected chi connectivity index (χ4v) is 6.64. The number of Topliss-reactive ketones (excluding diaryl/α,β-unsaturated/α-hetero) is 1. The predicted octanol–water partition coefficient (Wildman–Crippen LogP) is 4.51. The maximum absolute atomic E-state index is 12.9. The number of carbonyl (C=O) groups excluding carboxylic acids is 2. The molecular weight excluding hydrogens is 324 g/mol. The molecule has 0 heterocycles. The van der Waals surface area contributed by atoms with Crippen molar-refractivity contribution in [1.29, 1.82) is 0 Å². The molecule has 4 bridgehead atoms. The molecule has 6 rings (SSSR count). The van der Waals surface area contributed by atoms with Crippen molar-refractivity contribution in [2.24, 2.45) is 23.2 Å². The first-order chi connectivity index (χ1) is 12.6. The number of carbonyl (C=O) groups is 2. The van der Waals surface area contributed by atoms with Crippen LogP contribution in [0.2, 0.25) is 0 Å². The van der Waals surface area contributed by atoms with E-state index in [1.165, 1.54) is 43.2 Å². The van der Waals surface area contributed by atoms with Gasteiger partial charge < -0.3 is 4.74 Å². The van der Waals surface area contributed by atoms with Crippen molar-refractivity contribution in [2.75, 3.05) is 6.61 Å². The van der Waals surface area contributed by atoms with Crippen LogP contribution >= 0.6 is 0 Å². The summed E-state index contributed by atoms with van der Waals surface area (Å²) < 4.78 is 5.60. The number of hydrogen-bond acceptors (Lipinski definition) is 3. The van der Waals surface area contributed by atoms with Gasteiger partial charge in [-0.05, 0) is 99.2 Å². The molecule has 5 aliphatic carbocycles. The van der Waals surface area contributed by atoms with Gasteiger partial charge in [0.2, 0.25) is 0 Å². The summed E-state index contributed by atoms with van der Waals surface area (Å²) in [5, 5.41) is 0. The van der Waals surface area contributed by atoms with Crippen LogP contribution in [0.15, 0.2) is 18.2 Å². The average molecular weight is 352 g/mol. The zero-order valence-corrected chi connectivity index (χ0v) is 15.5. The van der Waals surface area contributed by atoms with Crippen molar-refractivity contribution in [2.45, 2.75) is 64.2 Å². The Morgan fingerprint density at radius 3 is 2.19 bits per heavy atom. The summed E-state index contributed by atoms with van der Waals surface area (Å²) in [5.74, 6) is 1.99. The van der Waals surface area contributed by atoms with Gasteiger partial charge in [0.1, 0.15) is 0 Å². The number of rotatable bonds is 4. The molecule has 0 aromatic heterocycles. The van der Waals surface area contributed by atoms with Gasteiger partial charge in [-0.3, -0.25) is 9.59 Å². The van der Waals surface area contributed by atoms with E-state index in [1.807, 2.05) is 12.1 Å². The number of hydrogen-bond donors (Lipinski definition) is 0. The normalized spacial score (nSPS) is 34.4. The van der Waals surface area contributed by atoms with Crippen molar-refractivity contribution in [3.05, 3.63) is 34.9 Å². The Kier molecular flexibility index (Phi) is 3.95. The molecular formula is C23H28O3. The number of ether oxygens (including phenoxy) is 1. The lowest BCUT2D eigenvalue weighted by Crippen LogP contribution is -2.50. The molecule has 0 aliphatic heterocycles. The van der Waals surface area contributed by atoms with Crippen LogP contribution in [-0.4, -0.2) is 18.4 Å². The Bertz CT molecular complexity index is 713. The Morgan fingerprint density at radius 2 is 1.54 bits per heavy atom. The van der Waals surface area contributed by atoms with Gasteiger partial charge >= 0.3 is 5.97 Å². The second-order valence-electron chi connectivity index (χ2n) is 9.39. The van der Waals surface area contributed by atoms with E-state index in [0.717, 1.165) is 32.1 Å². The van der Waals surface area contributed by atoms with E-state index < -0.39 is 0 Å². The summed E-state index contributed by atoms with van der Waals surface area (Å²) in [6, 6.07) is 6.02. The van der Waals surface area contributed by atoms with Gasteiger partial charge in [-0.1, -0.05) is 12.1 Å². The summed E-state index contributed by atoms with van der Waals surface area (Å²) in [6.45, 7) is -0.0978. The largest absolute Gasteiger partial charge is 0.457 e. The third-order valence-corrected chi connectivity index (χ3v) is 7.48. The van der Waals surface area contributed by atoms with Crippen LogP contribution in [0, 0.1) is 23.2 Å². The average Bonchev–Trinajstić information content (AvgIpc) is 2.64. The van der Waals surface area contributed by atoms with E-state index in [4.69, 9.17) is 4.74 Å². The van der Waals surface area contributed by atoms with E-state index in [9.17, 15) is 9.59 Å². The van der Waals surface area contributed by atoms with Crippen LogP contribution in [0.3, 0.4) is 0 Å². The fraction of sp³-hybridized carbons (Fsp3) is 0.652. The predicted molar refractivity (Wildman–Crippen MR) is 99.0 cm³/mol. The van der Waals surface area contributed by atoms with Crippen molar-refractivity contribution in [3.63, 3.8) is 0 Å². The summed E-state index contributed by atoms with van der Waals surface area (Å²) in [5.41, 5.74) is 3.10. The van der Waals surface area contributed by atoms with Crippen LogP contribution in [0.25, 0.3) is 0 Å². The Morgan fingerprint density at radius 1 is 0.923 bits per heavy atom. The SMILES string of the molecule is O=C(COC(=O)C12CC3CC(CC(C3)C1)C2)c1ccc2c(c1)CCCC2. The second kappa shape index (κ2) is 6.21. The zero-order chi connectivity index (χ0) is 17.7. The summed E-state index contributed by atoms with van der Waals surface area (Å²) in [6.07, 6.45) is 11.5. The first-order valence-electron chi connectivity index (χ1n) is 10.4. The van der Waals surface area contributed by atoms with Gasteiger partial charge in [-0.15, -0.1) is 0 Å². The maximum Gasteiger partial charge on any atom is 0.312 e. The number of fused-ring (bicyclic) bond motifs is 1. The molecule has 1 aromatic rings. The molecule has 0 saturated heterocycles. The topological polar surface area (TPSA) is 43.4 Å². The van der Waals surface area contributed by atoms with E-state index in [-0.39, 0.29) is 23.8 Å². The Hall–Kier alpha value is -1.64. The molecule has 26 heavy (non-hydrogen) atoms. The van der Waals surface area contributed by atoms with Crippen molar-refractivity contribution in [1.82, 2.24) is 0 Å². The lowest BCUT2D eigenvalue weighted by molar-refractivity contribution is -0.170. The molecule has 0 atom stereocenters. The van der Waals surface area contributed by atoms with E-state index in [0.29, 0.717) is 23.3 Å². The van der Waals surface area contributed by atoms with Crippen molar-refractivity contribution >= 4 is 11.8 Å². The van der Waals surface area contributed by atoms with E-state index >= 15 is 0 Å². The number of aryl methyl sites for hydroxylation is 2. The number of esters is 1. The van der Waals surface area contributed by atoms with Gasteiger partial charge in [0.15, 0.2) is 12.4 Å². The van der Waals surface area contributed by atoms with Crippen LogP contribution in [0.5, 0.6) is 0 Å². The quantitative estimate of drug-likeness (QED) is 0.591. The standard InChI is InChI=1S/C23H28O3/c24-21(20-6-5-18-3-1-2-4-19(18)10-20)14-26-22(25)23-11-15-7-16(12-23)9-17(8-15)13-23/h5-6,10,15-17H,1-4,7-9,11-14H2. The zero-order valence-electron chi connectivity index (χ0n) is 15.5. The van der Waals surface area contributed by atoms with Crippen LogP contribution < -0.4 is 0 Å². The van der Waals surface area contributed by atoms with Gasteiger partial charge in [0, 0.05) is 5.56 Å². The van der Waals surface area contributed by atoms with Crippen molar-refractivity contribution < 1.29 is 14.3 Å². The van der Waals surface area contributed by atoms with Gasteiger partial charge in [-0.2, -0.15) is 0 Å². The lowest BCUT2D eigenvalue weighted by atomic mass is 9.49. The molecule has 0 N–H and O–H groups in total. The third kappa shape index (κ3) is 2.80. The molecule has 0 amide bonds. The molecule has 3 heteroatoms. The third-order valence-electron chi connectivity index (χ3n) is 7.48. The minimum Gasteiger partial charge on any atom is -0.457 e. The van der Waals surface area contributed by atoms with E-state index in [2.05, 4.69) is 6.07 Å². The van der Waals surface area contributed by atoms with Crippen LogP contribution in [0.4, 0.5) is 0 Å². The second-order valence-corrected chi connectivity index (χ2v) is 9.39. The smallest absolute Gasteiger partial charge is 0.312 e. The minimum absolute atomic E-state index is 0.0588. The molecule has 1 aromatic carbocycles. The molecule has 3 nitrogen and oxygen atoms in total.